The van der Waals surface area contributed by atoms with Gasteiger partial charge in [-0.2, -0.15) is 0 Å². The number of aldehydes is 1. The van der Waals surface area contributed by atoms with Gasteiger partial charge in [0.25, 0.3) is 0 Å². The number of methoxy groups -OCH3 is 2. The van der Waals surface area contributed by atoms with Crippen molar-refractivity contribution in [3.63, 3.8) is 0 Å². The van der Waals surface area contributed by atoms with E-state index < -0.39 is 5.92 Å². The fourth-order valence-corrected chi connectivity index (χ4v) is 2.26. The second-order valence-corrected chi connectivity index (χ2v) is 4.65. The maximum absolute atomic E-state index is 13.8. The molecule has 0 saturated heterocycles. The number of benzene rings is 2. The molecule has 21 heavy (non-hydrogen) atoms. The fourth-order valence-electron chi connectivity index (χ4n) is 2.26. The average molecular weight is 288 g/mol. The third-order valence-corrected chi connectivity index (χ3v) is 3.40. The maximum atomic E-state index is 13.8. The molecule has 110 valence electrons. The molecule has 2 aromatic rings. The van der Waals surface area contributed by atoms with Crippen molar-refractivity contribution in [3.8, 4) is 11.5 Å². The minimum Gasteiger partial charge on any atom is -0.497 e. The lowest BCUT2D eigenvalue weighted by atomic mass is 9.92. The number of halogens is 1. The second kappa shape index (κ2) is 6.88. The van der Waals surface area contributed by atoms with E-state index in [1.807, 2.05) is 6.07 Å². The Hall–Kier alpha value is -2.36. The number of rotatable bonds is 6. The molecule has 0 radical (unpaired) electrons. The molecule has 1 unspecified atom stereocenters. The Balaban J connectivity index is 2.31. The Morgan fingerprint density at radius 2 is 1.90 bits per heavy atom. The topological polar surface area (TPSA) is 35.5 Å². The van der Waals surface area contributed by atoms with E-state index in [1.165, 1.54) is 6.07 Å². The lowest BCUT2D eigenvalue weighted by Crippen LogP contribution is -2.08. The summed E-state index contributed by atoms with van der Waals surface area (Å²) in [7, 11) is 3.12. The van der Waals surface area contributed by atoms with Crippen LogP contribution < -0.4 is 9.47 Å². The normalized spacial score (nSPS) is 11.8. The number of hydrogen-bond donors (Lipinski definition) is 0. The molecule has 0 aliphatic carbocycles. The molecular formula is C17H17FO3. The molecule has 0 fully saturated rings. The first-order chi connectivity index (χ1) is 10.2. The lowest BCUT2D eigenvalue weighted by molar-refractivity contribution is -0.109. The molecule has 3 nitrogen and oxygen atoms in total. The van der Waals surface area contributed by atoms with Crippen molar-refractivity contribution in [2.24, 2.45) is 0 Å². The summed E-state index contributed by atoms with van der Waals surface area (Å²) < 4.78 is 24.3. The van der Waals surface area contributed by atoms with Crippen LogP contribution in [0.2, 0.25) is 0 Å². The van der Waals surface area contributed by atoms with E-state index in [4.69, 9.17) is 9.47 Å². The quantitative estimate of drug-likeness (QED) is 0.765. The third-order valence-electron chi connectivity index (χ3n) is 3.40. The average Bonchev–Trinajstić information content (AvgIpc) is 2.53. The van der Waals surface area contributed by atoms with Crippen molar-refractivity contribution < 1.29 is 18.7 Å². The number of carbonyl (C=O) groups is 1. The first-order valence-electron chi connectivity index (χ1n) is 6.60. The van der Waals surface area contributed by atoms with Crippen molar-refractivity contribution in [1.82, 2.24) is 0 Å². The van der Waals surface area contributed by atoms with Gasteiger partial charge in [-0.05, 0) is 29.7 Å². The molecular weight excluding hydrogens is 271 g/mol. The minimum absolute atomic E-state index is 0.373. The summed E-state index contributed by atoms with van der Waals surface area (Å²) in [5, 5.41) is 0. The SMILES string of the molecule is COc1ccc(CC(C=O)c2ccccc2F)c(OC)c1. The predicted octanol–water partition coefficient (Wildman–Crippen LogP) is 3.37. The highest BCUT2D eigenvalue weighted by atomic mass is 19.1. The Morgan fingerprint density at radius 3 is 2.52 bits per heavy atom. The van der Waals surface area contributed by atoms with Crippen molar-refractivity contribution in [3.05, 3.63) is 59.4 Å². The molecule has 0 aliphatic heterocycles. The van der Waals surface area contributed by atoms with Gasteiger partial charge in [0.15, 0.2) is 0 Å². The van der Waals surface area contributed by atoms with Crippen LogP contribution in [0.25, 0.3) is 0 Å². The van der Waals surface area contributed by atoms with Crippen LogP contribution in [0.4, 0.5) is 4.39 Å². The first kappa shape index (κ1) is 15.0. The summed E-state index contributed by atoms with van der Waals surface area (Å²) in [4.78, 5) is 11.4. The third kappa shape index (κ3) is 3.40. The van der Waals surface area contributed by atoms with Gasteiger partial charge in [-0.3, -0.25) is 0 Å². The highest BCUT2D eigenvalue weighted by molar-refractivity contribution is 5.63. The molecule has 0 N–H and O–H groups in total. The maximum Gasteiger partial charge on any atom is 0.127 e. The van der Waals surface area contributed by atoms with Crippen molar-refractivity contribution in [2.45, 2.75) is 12.3 Å². The highest BCUT2D eigenvalue weighted by Crippen LogP contribution is 2.29. The molecule has 0 saturated carbocycles. The fraction of sp³-hybridized carbons (Fsp3) is 0.235. The molecule has 0 aromatic heterocycles. The van der Waals surface area contributed by atoms with E-state index in [0.29, 0.717) is 23.5 Å². The molecule has 2 aromatic carbocycles. The van der Waals surface area contributed by atoms with Gasteiger partial charge in [0.2, 0.25) is 0 Å². The second-order valence-electron chi connectivity index (χ2n) is 4.65. The monoisotopic (exact) mass is 288 g/mol. The van der Waals surface area contributed by atoms with Gasteiger partial charge in [-0.1, -0.05) is 24.3 Å². The zero-order chi connectivity index (χ0) is 15.2. The molecule has 0 bridgehead atoms. The molecule has 0 heterocycles. The Labute approximate surface area is 123 Å². The van der Waals surface area contributed by atoms with Crippen molar-refractivity contribution >= 4 is 6.29 Å². The molecule has 0 aliphatic rings. The van der Waals surface area contributed by atoms with Gasteiger partial charge in [-0.25, -0.2) is 4.39 Å². The summed E-state index contributed by atoms with van der Waals surface area (Å²) in [6.07, 6.45) is 1.14. The van der Waals surface area contributed by atoms with Gasteiger partial charge >= 0.3 is 0 Å². The van der Waals surface area contributed by atoms with Crippen LogP contribution in [-0.2, 0) is 11.2 Å². The van der Waals surface area contributed by atoms with E-state index in [0.717, 1.165) is 11.8 Å². The van der Waals surface area contributed by atoms with Crippen LogP contribution in [0.5, 0.6) is 11.5 Å². The van der Waals surface area contributed by atoms with E-state index in [9.17, 15) is 9.18 Å². The first-order valence-corrected chi connectivity index (χ1v) is 6.60. The van der Waals surface area contributed by atoms with E-state index in [-0.39, 0.29) is 5.82 Å². The molecule has 2 rings (SSSR count). The largest absolute Gasteiger partial charge is 0.497 e. The summed E-state index contributed by atoms with van der Waals surface area (Å²) in [5.74, 6) is 0.372. The van der Waals surface area contributed by atoms with Crippen molar-refractivity contribution in [2.75, 3.05) is 14.2 Å². The number of carbonyl (C=O) groups excluding carboxylic acids is 1. The van der Waals surface area contributed by atoms with Gasteiger partial charge < -0.3 is 14.3 Å². The van der Waals surface area contributed by atoms with Crippen molar-refractivity contribution in [1.29, 1.82) is 0 Å². The van der Waals surface area contributed by atoms with Crippen LogP contribution >= 0.6 is 0 Å². The van der Waals surface area contributed by atoms with Crippen LogP contribution in [0.3, 0.4) is 0 Å². The van der Waals surface area contributed by atoms with Gasteiger partial charge in [0.05, 0.1) is 14.2 Å². The molecule has 1 atom stereocenters. The minimum atomic E-state index is -0.548. The van der Waals surface area contributed by atoms with Crippen LogP contribution in [0, 0.1) is 5.82 Å². The Morgan fingerprint density at radius 1 is 1.14 bits per heavy atom. The summed E-state index contributed by atoms with van der Waals surface area (Å²) in [6, 6.07) is 11.7. The van der Waals surface area contributed by atoms with Crippen LogP contribution in [0.1, 0.15) is 17.0 Å². The van der Waals surface area contributed by atoms with Gasteiger partial charge in [0, 0.05) is 12.0 Å². The predicted molar refractivity (Wildman–Crippen MR) is 78.5 cm³/mol. The molecule has 4 heteroatoms. The summed E-state index contributed by atoms with van der Waals surface area (Å²) >= 11 is 0. The Bertz CT molecular complexity index is 625. The van der Waals surface area contributed by atoms with Gasteiger partial charge in [0.1, 0.15) is 23.6 Å². The standard InChI is InChI=1S/C17H17FO3/c1-20-14-8-7-12(17(10-14)21-2)9-13(11-19)15-5-3-4-6-16(15)18/h3-8,10-11,13H,9H2,1-2H3. The number of hydrogen-bond acceptors (Lipinski definition) is 3. The van der Waals surface area contributed by atoms with E-state index in [2.05, 4.69) is 0 Å². The van der Waals surface area contributed by atoms with E-state index >= 15 is 0 Å². The molecule has 0 spiro atoms. The lowest BCUT2D eigenvalue weighted by Gasteiger charge is -2.15. The zero-order valence-electron chi connectivity index (χ0n) is 12.0. The highest BCUT2D eigenvalue weighted by Gasteiger charge is 2.17. The van der Waals surface area contributed by atoms with Crippen LogP contribution in [-0.4, -0.2) is 20.5 Å². The van der Waals surface area contributed by atoms with Gasteiger partial charge in [-0.15, -0.1) is 0 Å². The summed E-state index contributed by atoms with van der Waals surface area (Å²) in [5.41, 5.74) is 1.23. The molecule has 0 amide bonds. The smallest absolute Gasteiger partial charge is 0.127 e. The summed E-state index contributed by atoms with van der Waals surface area (Å²) in [6.45, 7) is 0. The Kier molecular flexibility index (Phi) is 4.93. The number of ether oxygens (including phenoxy) is 2. The van der Waals surface area contributed by atoms with E-state index in [1.54, 1.807) is 44.6 Å². The zero-order valence-corrected chi connectivity index (χ0v) is 12.0. The van der Waals surface area contributed by atoms with Crippen LogP contribution in [0.15, 0.2) is 42.5 Å².